The lowest BCUT2D eigenvalue weighted by Crippen LogP contribution is -2.29. The number of carboxylic acids is 1. The number of aryl methyl sites for hydroxylation is 1. The van der Waals surface area contributed by atoms with Crippen LogP contribution in [-0.4, -0.2) is 34.9 Å². The highest BCUT2D eigenvalue weighted by atomic mass is 16.4. The van der Waals surface area contributed by atoms with Crippen molar-refractivity contribution in [3.63, 3.8) is 0 Å². The summed E-state index contributed by atoms with van der Waals surface area (Å²) in [5.41, 5.74) is 1.60. The van der Waals surface area contributed by atoms with Crippen LogP contribution in [0.5, 0.6) is 0 Å². The Bertz CT molecular complexity index is 454. The number of anilines is 1. The molecule has 2 rings (SSSR count). The standard InChI is InChI=1S/C13H17NO3/c1-9-7-10(12(15)16)3-4-11(9)14-6-5-13(2,17)8-14/h3-4,7,17H,5-6,8H2,1-2H3,(H,15,16). The van der Waals surface area contributed by atoms with E-state index in [1.807, 2.05) is 19.9 Å². The van der Waals surface area contributed by atoms with Crippen LogP contribution in [-0.2, 0) is 0 Å². The maximum Gasteiger partial charge on any atom is 0.335 e. The molecule has 1 atom stereocenters. The first-order valence-corrected chi connectivity index (χ1v) is 5.70. The summed E-state index contributed by atoms with van der Waals surface area (Å²) in [6, 6.07) is 5.10. The van der Waals surface area contributed by atoms with Crippen LogP contribution >= 0.6 is 0 Å². The van der Waals surface area contributed by atoms with Crippen LogP contribution < -0.4 is 4.90 Å². The molecule has 0 spiro atoms. The van der Waals surface area contributed by atoms with Crippen molar-refractivity contribution in [1.29, 1.82) is 0 Å². The summed E-state index contributed by atoms with van der Waals surface area (Å²) < 4.78 is 0. The van der Waals surface area contributed by atoms with Crippen molar-refractivity contribution in [2.24, 2.45) is 0 Å². The third-order valence-electron chi connectivity index (χ3n) is 3.24. The third kappa shape index (κ3) is 2.42. The van der Waals surface area contributed by atoms with Crippen molar-refractivity contribution in [3.05, 3.63) is 29.3 Å². The second-order valence-corrected chi connectivity index (χ2v) is 4.97. The molecule has 1 aromatic rings. The van der Waals surface area contributed by atoms with Gasteiger partial charge in [-0.25, -0.2) is 4.79 Å². The minimum absolute atomic E-state index is 0.303. The van der Waals surface area contributed by atoms with Gasteiger partial charge in [0, 0.05) is 18.8 Å². The van der Waals surface area contributed by atoms with Gasteiger partial charge in [0.15, 0.2) is 0 Å². The second-order valence-electron chi connectivity index (χ2n) is 4.97. The molecule has 0 amide bonds. The summed E-state index contributed by atoms with van der Waals surface area (Å²) in [6.07, 6.45) is 0.743. The molecule has 1 aromatic carbocycles. The van der Waals surface area contributed by atoms with Crippen LogP contribution in [0.15, 0.2) is 18.2 Å². The van der Waals surface area contributed by atoms with Crippen LogP contribution in [0.4, 0.5) is 5.69 Å². The predicted molar refractivity (Wildman–Crippen MR) is 65.6 cm³/mol. The van der Waals surface area contributed by atoms with E-state index in [-0.39, 0.29) is 0 Å². The first-order valence-electron chi connectivity index (χ1n) is 5.70. The van der Waals surface area contributed by atoms with Gasteiger partial charge in [-0.1, -0.05) is 0 Å². The Morgan fingerprint density at radius 3 is 2.65 bits per heavy atom. The smallest absolute Gasteiger partial charge is 0.335 e. The van der Waals surface area contributed by atoms with Crippen LogP contribution in [0.3, 0.4) is 0 Å². The lowest BCUT2D eigenvalue weighted by molar-refractivity contribution is 0.0696. The Hall–Kier alpha value is -1.55. The first kappa shape index (κ1) is 11.9. The zero-order chi connectivity index (χ0) is 12.6. The third-order valence-corrected chi connectivity index (χ3v) is 3.24. The van der Waals surface area contributed by atoms with E-state index in [0.717, 1.165) is 24.2 Å². The number of carbonyl (C=O) groups is 1. The fourth-order valence-electron chi connectivity index (χ4n) is 2.29. The van der Waals surface area contributed by atoms with Crippen LogP contribution in [0.1, 0.15) is 29.3 Å². The van der Waals surface area contributed by atoms with Crippen molar-refractivity contribution >= 4 is 11.7 Å². The van der Waals surface area contributed by atoms with E-state index in [9.17, 15) is 9.90 Å². The molecular weight excluding hydrogens is 218 g/mol. The summed E-state index contributed by atoms with van der Waals surface area (Å²) in [5, 5.41) is 18.8. The van der Waals surface area contributed by atoms with E-state index in [0.29, 0.717) is 12.1 Å². The topological polar surface area (TPSA) is 60.8 Å². The minimum Gasteiger partial charge on any atom is -0.478 e. The summed E-state index contributed by atoms with van der Waals surface area (Å²) in [5.74, 6) is -0.909. The van der Waals surface area contributed by atoms with Crippen LogP contribution in [0, 0.1) is 6.92 Å². The van der Waals surface area contributed by atoms with Gasteiger partial charge in [0.2, 0.25) is 0 Å². The van der Waals surface area contributed by atoms with E-state index in [1.54, 1.807) is 12.1 Å². The molecule has 0 aromatic heterocycles. The number of benzene rings is 1. The lowest BCUT2D eigenvalue weighted by Gasteiger charge is -2.22. The van der Waals surface area contributed by atoms with Gasteiger partial charge in [-0.3, -0.25) is 0 Å². The Balaban J connectivity index is 2.26. The number of hydrogen-bond donors (Lipinski definition) is 2. The number of carboxylic acid groups (broad SMARTS) is 1. The van der Waals surface area contributed by atoms with E-state index >= 15 is 0 Å². The highest BCUT2D eigenvalue weighted by Crippen LogP contribution is 2.29. The van der Waals surface area contributed by atoms with Gasteiger partial charge >= 0.3 is 5.97 Å². The van der Waals surface area contributed by atoms with E-state index < -0.39 is 11.6 Å². The number of β-amino-alcohol motifs (C(OH)–C–C–N with tert-alkyl or cyclic N) is 1. The van der Waals surface area contributed by atoms with Gasteiger partial charge in [0.25, 0.3) is 0 Å². The monoisotopic (exact) mass is 235 g/mol. The molecule has 1 aliphatic rings. The van der Waals surface area contributed by atoms with Crippen LogP contribution in [0.25, 0.3) is 0 Å². The lowest BCUT2D eigenvalue weighted by atomic mass is 10.1. The fourth-order valence-corrected chi connectivity index (χ4v) is 2.29. The average molecular weight is 235 g/mol. The van der Waals surface area contributed by atoms with Gasteiger partial charge in [-0.2, -0.15) is 0 Å². The highest BCUT2D eigenvalue weighted by molar-refractivity contribution is 5.88. The van der Waals surface area contributed by atoms with Gasteiger partial charge in [-0.15, -0.1) is 0 Å². The zero-order valence-corrected chi connectivity index (χ0v) is 10.1. The molecule has 2 N–H and O–H groups in total. The molecule has 1 aliphatic heterocycles. The Kier molecular flexibility index (Phi) is 2.83. The quantitative estimate of drug-likeness (QED) is 0.818. The normalized spacial score (nSPS) is 24.1. The van der Waals surface area contributed by atoms with Gasteiger partial charge in [-0.05, 0) is 44.0 Å². The maximum atomic E-state index is 10.8. The number of hydrogen-bond acceptors (Lipinski definition) is 3. The van der Waals surface area contributed by atoms with E-state index in [2.05, 4.69) is 4.90 Å². The molecule has 0 aliphatic carbocycles. The van der Waals surface area contributed by atoms with Crippen molar-refractivity contribution in [1.82, 2.24) is 0 Å². The number of nitrogens with zero attached hydrogens (tertiary/aromatic N) is 1. The Labute approximate surface area is 100 Å². The molecule has 1 heterocycles. The number of rotatable bonds is 2. The molecule has 17 heavy (non-hydrogen) atoms. The molecule has 1 saturated heterocycles. The number of aromatic carboxylic acids is 1. The molecule has 0 radical (unpaired) electrons. The fraction of sp³-hybridized carbons (Fsp3) is 0.462. The van der Waals surface area contributed by atoms with Crippen LogP contribution in [0.2, 0.25) is 0 Å². The first-order chi connectivity index (χ1) is 7.89. The summed E-state index contributed by atoms with van der Waals surface area (Å²) >= 11 is 0. The molecule has 1 fully saturated rings. The summed E-state index contributed by atoms with van der Waals surface area (Å²) in [7, 11) is 0. The second kappa shape index (κ2) is 4.04. The molecule has 1 unspecified atom stereocenters. The Morgan fingerprint density at radius 1 is 1.47 bits per heavy atom. The van der Waals surface area contributed by atoms with Gasteiger partial charge in [0.1, 0.15) is 0 Å². The molecule has 4 heteroatoms. The van der Waals surface area contributed by atoms with Crippen molar-refractivity contribution in [3.8, 4) is 0 Å². The zero-order valence-electron chi connectivity index (χ0n) is 10.1. The summed E-state index contributed by atoms with van der Waals surface area (Å²) in [4.78, 5) is 12.9. The van der Waals surface area contributed by atoms with Gasteiger partial charge < -0.3 is 15.1 Å². The van der Waals surface area contributed by atoms with Gasteiger partial charge in [0.05, 0.1) is 11.2 Å². The van der Waals surface area contributed by atoms with E-state index in [1.165, 1.54) is 0 Å². The molecule has 0 saturated carbocycles. The maximum absolute atomic E-state index is 10.8. The highest BCUT2D eigenvalue weighted by Gasteiger charge is 2.31. The molecular formula is C13H17NO3. The van der Waals surface area contributed by atoms with Crippen molar-refractivity contribution in [2.45, 2.75) is 25.9 Å². The summed E-state index contributed by atoms with van der Waals surface area (Å²) in [6.45, 7) is 5.13. The van der Waals surface area contributed by atoms with Crippen molar-refractivity contribution < 1.29 is 15.0 Å². The molecule has 4 nitrogen and oxygen atoms in total. The minimum atomic E-state index is -0.909. The SMILES string of the molecule is Cc1cc(C(=O)O)ccc1N1CCC(C)(O)C1. The predicted octanol–water partition coefficient (Wildman–Crippen LogP) is 1.65. The Morgan fingerprint density at radius 2 is 2.18 bits per heavy atom. The largest absolute Gasteiger partial charge is 0.478 e. The van der Waals surface area contributed by atoms with E-state index in [4.69, 9.17) is 5.11 Å². The van der Waals surface area contributed by atoms with Crippen molar-refractivity contribution in [2.75, 3.05) is 18.0 Å². The average Bonchev–Trinajstić information content (AvgIpc) is 2.58. The molecule has 0 bridgehead atoms. The molecule has 92 valence electrons. The number of aliphatic hydroxyl groups is 1.